The van der Waals surface area contributed by atoms with Gasteiger partial charge in [0.2, 0.25) is 11.6 Å². The number of benzene rings is 2. The minimum atomic E-state index is -0.545. The van der Waals surface area contributed by atoms with E-state index in [-0.39, 0.29) is 10.9 Å². The predicted octanol–water partition coefficient (Wildman–Crippen LogP) is 4.06. The molecule has 3 aromatic rings. The van der Waals surface area contributed by atoms with Gasteiger partial charge in [-0.1, -0.05) is 48.3 Å². The number of hydrogen-bond acceptors (Lipinski definition) is 4. The molecule has 0 aliphatic heterocycles. The smallest absolute Gasteiger partial charge is 0.324 e. The molecule has 0 saturated heterocycles. The number of anilines is 1. The lowest BCUT2D eigenvalue weighted by molar-refractivity contribution is -0.704. The van der Waals surface area contributed by atoms with Crippen molar-refractivity contribution in [2.75, 3.05) is 5.32 Å². The monoisotopic (exact) mass is 424 g/mol. The summed E-state index contributed by atoms with van der Waals surface area (Å²) >= 11 is 13.2. The standard InChI is InChI=1S/C18H15Cl2N3O3S/c1-2-15(16(24)21-14-10-11(19)8-9-13(14)20)27-17-18(25)26-22-23(17)12-6-4-3-5-7-12/h3-10,15H,2H2,1H3,(H-,21,22,24,25)/p+1. The van der Waals surface area contributed by atoms with Crippen LogP contribution in [-0.4, -0.2) is 16.4 Å². The molecule has 27 heavy (non-hydrogen) atoms. The fraction of sp³-hybridized carbons (Fsp3) is 0.167. The largest absolute Gasteiger partial charge is 0.442 e. The van der Waals surface area contributed by atoms with Crippen molar-refractivity contribution in [3.8, 4) is 5.69 Å². The van der Waals surface area contributed by atoms with Gasteiger partial charge in [-0.3, -0.25) is 9.32 Å². The molecule has 9 heteroatoms. The van der Waals surface area contributed by atoms with Crippen molar-refractivity contribution in [1.82, 2.24) is 5.27 Å². The molecule has 1 aromatic heterocycles. The summed E-state index contributed by atoms with van der Waals surface area (Å²) in [4.78, 5) is 24.8. The van der Waals surface area contributed by atoms with Crippen molar-refractivity contribution < 1.29 is 14.0 Å². The zero-order valence-electron chi connectivity index (χ0n) is 14.2. The number of carbonyl (C=O) groups excluding carboxylic acids is 1. The van der Waals surface area contributed by atoms with Crippen LogP contribution in [0.1, 0.15) is 13.3 Å². The topological polar surface area (TPSA) is 79.0 Å². The van der Waals surface area contributed by atoms with Gasteiger partial charge in [0.1, 0.15) is 0 Å². The molecule has 1 unspecified atom stereocenters. The van der Waals surface area contributed by atoms with E-state index in [2.05, 4.69) is 10.6 Å². The Hall–Kier alpha value is -2.22. The third kappa shape index (κ3) is 4.55. The number of thioether (sulfide) groups is 1. The molecular weight excluding hydrogens is 409 g/mol. The normalized spacial score (nSPS) is 12.0. The Kier molecular flexibility index (Phi) is 6.26. The number of rotatable bonds is 6. The highest BCUT2D eigenvalue weighted by Gasteiger charge is 2.30. The van der Waals surface area contributed by atoms with Crippen LogP contribution >= 0.6 is 35.0 Å². The van der Waals surface area contributed by atoms with Gasteiger partial charge in [0.05, 0.1) is 16.0 Å². The van der Waals surface area contributed by atoms with E-state index in [4.69, 9.17) is 27.7 Å². The first-order chi connectivity index (χ1) is 13.0. The first kappa shape index (κ1) is 19.5. The summed E-state index contributed by atoms with van der Waals surface area (Å²) in [7, 11) is 0. The van der Waals surface area contributed by atoms with Gasteiger partial charge in [-0.2, -0.15) is 0 Å². The van der Waals surface area contributed by atoms with E-state index < -0.39 is 10.9 Å². The molecule has 1 atom stereocenters. The average molecular weight is 425 g/mol. The van der Waals surface area contributed by atoms with Crippen LogP contribution in [0, 0.1) is 0 Å². The molecule has 0 bridgehead atoms. The van der Waals surface area contributed by atoms with E-state index in [1.54, 1.807) is 18.2 Å². The minimum absolute atomic E-state index is 0.278. The molecule has 0 spiro atoms. The van der Waals surface area contributed by atoms with E-state index in [0.29, 0.717) is 22.2 Å². The summed E-state index contributed by atoms with van der Waals surface area (Å²) in [5.74, 6) is -0.285. The number of aromatic nitrogens is 2. The summed E-state index contributed by atoms with van der Waals surface area (Å²) in [6, 6.07) is 14.0. The number of nitrogens with one attached hydrogen (secondary N) is 2. The van der Waals surface area contributed by atoms with Crippen LogP contribution in [0.2, 0.25) is 10.0 Å². The molecule has 0 aliphatic carbocycles. The Morgan fingerprint density at radius 3 is 2.70 bits per heavy atom. The summed E-state index contributed by atoms with van der Waals surface area (Å²) in [6.07, 6.45) is 0.494. The lowest BCUT2D eigenvalue weighted by Gasteiger charge is -2.13. The van der Waals surface area contributed by atoms with Gasteiger partial charge >= 0.3 is 10.7 Å². The summed E-state index contributed by atoms with van der Waals surface area (Å²) in [5, 5.41) is 5.92. The summed E-state index contributed by atoms with van der Waals surface area (Å²) in [6.45, 7) is 1.86. The quantitative estimate of drug-likeness (QED) is 0.461. The number of carbonyl (C=O) groups is 1. The molecule has 140 valence electrons. The van der Waals surface area contributed by atoms with Crippen LogP contribution in [0.5, 0.6) is 0 Å². The number of H-pyrrole nitrogens is 1. The van der Waals surface area contributed by atoms with Crippen molar-refractivity contribution in [3.63, 3.8) is 0 Å². The van der Waals surface area contributed by atoms with Crippen LogP contribution in [0.3, 0.4) is 0 Å². The molecule has 1 heterocycles. The number of nitrogens with zero attached hydrogens (tertiary/aromatic N) is 1. The maximum atomic E-state index is 12.7. The lowest BCUT2D eigenvalue weighted by atomic mass is 10.2. The molecule has 1 amide bonds. The van der Waals surface area contributed by atoms with E-state index in [1.807, 2.05) is 37.3 Å². The third-order valence-electron chi connectivity index (χ3n) is 3.73. The van der Waals surface area contributed by atoms with Crippen LogP contribution in [0.25, 0.3) is 5.69 Å². The Labute approximate surface area is 169 Å². The second-order valence-electron chi connectivity index (χ2n) is 5.59. The van der Waals surface area contributed by atoms with Crippen molar-refractivity contribution in [3.05, 3.63) is 69.0 Å². The molecule has 0 radical (unpaired) electrons. The molecule has 3 rings (SSSR count). The molecule has 6 nitrogen and oxygen atoms in total. The van der Waals surface area contributed by atoms with Gasteiger partial charge in [-0.25, -0.2) is 4.79 Å². The third-order valence-corrected chi connectivity index (χ3v) is 5.69. The highest BCUT2D eigenvalue weighted by atomic mass is 35.5. The SMILES string of the molecule is CCC(Sc1c(=O)o[nH][n+]1-c1ccccc1)C(=O)Nc1cc(Cl)ccc1Cl. The van der Waals surface area contributed by atoms with Gasteiger partial charge in [0.25, 0.3) is 0 Å². The molecule has 0 fully saturated rings. The van der Waals surface area contributed by atoms with E-state index in [1.165, 1.54) is 4.68 Å². The zero-order chi connectivity index (χ0) is 19.4. The number of amides is 1. The van der Waals surface area contributed by atoms with Crippen molar-refractivity contribution in [2.24, 2.45) is 0 Å². The van der Waals surface area contributed by atoms with Crippen LogP contribution in [-0.2, 0) is 4.79 Å². The Morgan fingerprint density at radius 1 is 1.26 bits per heavy atom. The van der Waals surface area contributed by atoms with Gasteiger partial charge < -0.3 is 5.32 Å². The molecule has 2 N–H and O–H groups in total. The van der Waals surface area contributed by atoms with Crippen LogP contribution in [0.4, 0.5) is 5.69 Å². The first-order valence-corrected chi connectivity index (χ1v) is 9.74. The van der Waals surface area contributed by atoms with Crippen molar-refractivity contribution in [2.45, 2.75) is 23.6 Å². The van der Waals surface area contributed by atoms with Gasteiger partial charge in [0, 0.05) is 17.2 Å². The molecule has 0 aliphatic rings. The number of para-hydroxylation sites is 1. The Morgan fingerprint density at radius 2 is 2.00 bits per heavy atom. The van der Waals surface area contributed by atoms with E-state index in [9.17, 15) is 9.59 Å². The second kappa shape index (κ2) is 8.65. The van der Waals surface area contributed by atoms with Gasteiger partial charge in [-0.15, -0.1) is 0 Å². The van der Waals surface area contributed by atoms with Gasteiger partial charge in [-0.05, 0) is 46.3 Å². The summed E-state index contributed by atoms with van der Waals surface area (Å²) in [5.41, 5.74) is 0.597. The number of hydrogen-bond donors (Lipinski definition) is 2. The van der Waals surface area contributed by atoms with E-state index >= 15 is 0 Å². The molecule has 0 saturated carbocycles. The highest BCUT2D eigenvalue weighted by Crippen LogP contribution is 2.28. The van der Waals surface area contributed by atoms with Gasteiger partial charge in [0.15, 0.2) is 0 Å². The van der Waals surface area contributed by atoms with Crippen molar-refractivity contribution in [1.29, 1.82) is 0 Å². The Bertz CT molecular complexity index is 1000. The molecular formula is C18H16Cl2N3O3S+. The summed E-state index contributed by atoms with van der Waals surface area (Å²) < 4.78 is 6.43. The van der Waals surface area contributed by atoms with Crippen molar-refractivity contribution >= 4 is 46.6 Å². The Balaban J connectivity index is 1.83. The lowest BCUT2D eigenvalue weighted by Crippen LogP contribution is -2.37. The number of halogens is 2. The molecule has 2 aromatic carbocycles. The van der Waals surface area contributed by atoms with E-state index in [0.717, 1.165) is 17.4 Å². The maximum Gasteiger partial charge on any atom is 0.442 e. The predicted molar refractivity (Wildman–Crippen MR) is 106 cm³/mol. The fourth-order valence-corrected chi connectivity index (χ4v) is 3.70. The van der Waals surface area contributed by atoms with Crippen LogP contribution in [0.15, 0.2) is 62.9 Å². The maximum absolute atomic E-state index is 12.7. The average Bonchev–Trinajstić information content (AvgIpc) is 3.03. The second-order valence-corrected chi connectivity index (χ2v) is 7.62. The first-order valence-electron chi connectivity index (χ1n) is 8.11. The highest BCUT2D eigenvalue weighted by molar-refractivity contribution is 8.00. The van der Waals surface area contributed by atoms with Crippen LogP contribution < -0.4 is 15.6 Å². The minimum Gasteiger partial charge on any atom is -0.324 e. The fourth-order valence-electron chi connectivity index (χ4n) is 2.37. The number of aromatic amines is 1. The zero-order valence-corrected chi connectivity index (χ0v) is 16.6.